The number of aromatic nitrogens is 4. The molecule has 4 atom stereocenters. The van der Waals surface area contributed by atoms with E-state index >= 15 is 0 Å². The van der Waals surface area contributed by atoms with Crippen LogP contribution in [0.4, 0.5) is 21.2 Å². The molecule has 0 radical (unpaired) electrons. The number of anilines is 2. The molecular weight excluding hydrogens is 797 g/mol. The van der Waals surface area contributed by atoms with Gasteiger partial charge in [-0.05, 0) is 61.1 Å². The number of likely N-dealkylation sites (tertiary alicyclic amines) is 2. The molecule has 2 aliphatic heterocycles. The number of nitrogens with one attached hydrogen (secondary N) is 4. The molecular formula is C44H48N10O8. The molecule has 62 heavy (non-hydrogen) atoms. The molecule has 0 saturated carbocycles. The Balaban J connectivity index is 0.991. The highest BCUT2D eigenvalue weighted by molar-refractivity contribution is 6.08. The van der Waals surface area contributed by atoms with E-state index in [4.69, 9.17) is 9.47 Å². The molecule has 2 aliphatic rings. The van der Waals surface area contributed by atoms with E-state index < -0.39 is 36.4 Å². The van der Waals surface area contributed by atoms with E-state index in [2.05, 4.69) is 30.6 Å². The topological polar surface area (TPSA) is 215 Å². The number of carbonyl (C=O) groups excluding carboxylic acids is 6. The average molecular weight is 845 g/mol. The zero-order valence-corrected chi connectivity index (χ0v) is 34.7. The lowest BCUT2D eigenvalue weighted by atomic mass is 10.1. The number of carbonyl (C=O) groups is 6. The molecule has 7 rings (SSSR count). The minimum atomic E-state index is -0.965. The van der Waals surface area contributed by atoms with Crippen LogP contribution in [0, 0.1) is 0 Å². The highest BCUT2D eigenvalue weighted by atomic mass is 16.5. The standard InChI is InChI=1S/C44H48N10O8/c1-51(33-25-45-37(47-33)31-17-11-23-53(31)41(57)35(49-43(59)61-3)27-13-7-5-8-14-27)39(55)29-19-21-30(22-20-29)40(56)52(2)34-26-46-38(48-34)32-18-12-24-54(32)42(58)36(50-44(60)62-4)28-15-9-6-10-16-28/h5-10,13-16,19-22,25-26,31-32,35-36H,11-12,17-18,23-24H2,1-4H3,(H,45,47)(H,46,48)(H,49,59)(H,50,60)/t31-,32+,35-,36-/m0/s1. The van der Waals surface area contributed by atoms with Gasteiger partial charge in [-0.15, -0.1) is 0 Å². The monoisotopic (exact) mass is 844 g/mol. The zero-order chi connectivity index (χ0) is 43.9. The zero-order valence-electron chi connectivity index (χ0n) is 34.7. The Morgan fingerprint density at radius 3 is 1.34 bits per heavy atom. The molecule has 0 spiro atoms. The predicted octanol–water partition coefficient (Wildman–Crippen LogP) is 5.21. The average Bonchev–Trinajstić information content (AvgIpc) is 4.16. The van der Waals surface area contributed by atoms with Gasteiger partial charge in [0.25, 0.3) is 23.6 Å². The van der Waals surface area contributed by atoms with Crippen LogP contribution < -0.4 is 20.4 Å². The quantitative estimate of drug-likeness (QED) is 0.129. The van der Waals surface area contributed by atoms with Gasteiger partial charge in [-0.3, -0.25) is 29.0 Å². The third-order valence-electron chi connectivity index (χ3n) is 11.2. The summed E-state index contributed by atoms with van der Waals surface area (Å²) in [6.07, 6.45) is 4.30. The number of hydrogen-bond acceptors (Lipinski definition) is 10. The fraction of sp³-hybridized carbons (Fsp3) is 0.318. The Hall–Kier alpha value is -7.50. The summed E-state index contributed by atoms with van der Waals surface area (Å²) in [5.41, 5.74) is 1.87. The first-order chi connectivity index (χ1) is 30.0. The van der Waals surface area contributed by atoms with Crippen LogP contribution in [-0.4, -0.2) is 107 Å². The minimum absolute atomic E-state index is 0.309. The first-order valence-electron chi connectivity index (χ1n) is 20.1. The van der Waals surface area contributed by atoms with E-state index in [0.29, 0.717) is 71.5 Å². The maximum atomic E-state index is 13.9. The first kappa shape index (κ1) is 42.6. The number of aromatic amines is 2. The maximum absolute atomic E-state index is 13.9. The summed E-state index contributed by atoms with van der Waals surface area (Å²) in [5, 5.41) is 5.31. The van der Waals surface area contributed by atoms with Gasteiger partial charge >= 0.3 is 12.2 Å². The fourth-order valence-corrected chi connectivity index (χ4v) is 7.87. The van der Waals surface area contributed by atoms with Gasteiger partial charge in [0.1, 0.15) is 35.4 Å². The normalized spacial score (nSPS) is 16.8. The van der Waals surface area contributed by atoms with E-state index in [0.717, 1.165) is 12.8 Å². The molecule has 3 aromatic carbocycles. The van der Waals surface area contributed by atoms with Crippen molar-refractivity contribution < 1.29 is 38.2 Å². The summed E-state index contributed by atoms with van der Waals surface area (Å²) in [7, 11) is 5.68. The van der Waals surface area contributed by atoms with Gasteiger partial charge in [0, 0.05) is 38.3 Å². The van der Waals surface area contributed by atoms with Crippen molar-refractivity contribution in [1.29, 1.82) is 0 Å². The Bertz CT molecular complexity index is 2240. The lowest BCUT2D eigenvalue weighted by molar-refractivity contribution is -0.135. The van der Waals surface area contributed by atoms with Crippen molar-refractivity contribution >= 4 is 47.5 Å². The van der Waals surface area contributed by atoms with Crippen LogP contribution in [0.5, 0.6) is 0 Å². The number of imidazole rings is 2. The van der Waals surface area contributed by atoms with Gasteiger partial charge in [-0.2, -0.15) is 0 Å². The molecule has 5 aromatic rings. The Kier molecular flexibility index (Phi) is 12.9. The number of benzene rings is 3. The maximum Gasteiger partial charge on any atom is 0.407 e. The van der Waals surface area contributed by atoms with E-state index in [-0.39, 0.29) is 23.6 Å². The molecule has 2 aromatic heterocycles. The largest absolute Gasteiger partial charge is 0.453 e. The summed E-state index contributed by atoms with van der Waals surface area (Å²) < 4.78 is 9.59. The van der Waals surface area contributed by atoms with E-state index in [1.54, 1.807) is 96.7 Å². The van der Waals surface area contributed by atoms with Crippen LogP contribution in [0.25, 0.3) is 0 Å². The smallest absolute Gasteiger partial charge is 0.407 e. The van der Waals surface area contributed by atoms with Gasteiger partial charge in [-0.25, -0.2) is 19.6 Å². The molecule has 18 nitrogen and oxygen atoms in total. The van der Waals surface area contributed by atoms with Gasteiger partial charge < -0.3 is 39.9 Å². The highest BCUT2D eigenvalue weighted by Gasteiger charge is 2.39. The van der Waals surface area contributed by atoms with Crippen molar-refractivity contribution in [2.45, 2.75) is 49.9 Å². The summed E-state index contributed by atoms with van der Waals surface area (Å²) in [4.78, 5) is 101. The SMILES string of the molecule is COC(=O)N[C@H](C(=O)N1CCC[C@@H]1c1ncc(N(C)C(=O)c2ccc(C(=O)N(C)c3cnc([C@@H]4CCCN4C(=O)[C@@H](NC(=O)OC)c4ccccc4)[nH]3)cc2)[nH]1)c1ccccc1. The van der Waals surface area contributed by atoms with Crippen molar-refractivity contribution in [3.63, 3.8) is 0 Å². The van der Waals surface area contributed by atoms with Gasteiger partial charge in [0.15, 0.2) is 0 Å². The second-order valence-corrected chi connectivity index (χ2v) is 15.0. The molecule has 4 N–H and O–H groups in total. The lowest BCUT2D eigenvalue weighted by Crippen LogP contribution is -2.42. The third kappa shape index (κ3) is 8.98. The Morgan fingerprint density at radius 2 is 0.984 bits per heavy atom. The van der Waals surface area contributed by atoms with Crippen LogP contribution in [0.1, 0.15) is 93.3 Å². The summed E-state index contributed by atoms with van der Waals surface area (Å²) >= 11 is 0. The Labute approximate surface area is 357 Å². The number of rotatable bonds is 12. The first-order valence-corrected chi connectivity index (χ1v) is 20.1. The van der Waals surface area contributed by atoms with Crippen molar-refractivity contribution in [1.82, 2.24) is 40.4 Å². The summed E-state index contributed by atoms with van der Waals surface area (Å²) in [6.45, 7) is 0.908. The second kappa shape index (κ2) is 18.8. The minimum Gasteiger partial charge on any atom is -0.453 e. The van der Waals surface area contributed by atoms with Crippen LogP contribution >= 0.6 is 0 Å². The van der Waals surface area contributed by atoms with Crippen molar-refractivity contribution in [3.8, 4) is 0 Å². The molecule has 0 bridgehead atoms. The van der Waals surface area contributed by atoms with Crippen molar-refractivity contribution in [3.05, 3.63) is 131 Å². The highest BCUT2D eigenvalue weighted by Crippen LogP contribution is 2.35. The number of nitrogens with zero attached hydrogens (tertiary/aromatic N) is 6. The molecule has 0 aliphatic carbocycles. The van der Waals surface area contributed by atoms with Gasteiger partial charge in [-0.1, -0.05) is 60.7 Å². The van der Waals surface area contributed by atoms with E-state index in [9.17, 15) is 28.8 Å². The number of ether oxygens (including phenoxy) is 2. The summed E-state index contributed by atoms with van der Waals surface area (Å²) in [5.74, 6) is 0.480. The molecule has 0 unspecified atom stereocenters. The van der Waals surface area contributed by atoms with Crippen LogP contribution in [0.3, 0.4) is 0 Å². The van der Waals surface area contributed by atoms with Crippen molar-refractivity contribution in [2.24, 2.45) is 0 Å². The van der Waals surface area contributed by atoms with Crippen LogP contribution in [-0.2, 0) is 19.1 Å². The molecule has 4 heterocycles. The van der Waals surface area contributed by atoms with Crippen molar-refractivity contribution in [2.75, 3.05) is 51.2 Å². The Morgan fingerprint density at radius 1 is 0.613 bits per heavy atom. The van der Waals surface area contributed by atoms with Crippen LogP contribution in [0.2, 0.25) is 0 Å². The number of methoxy groups -OCH3 is 2. The summed E-state index contributed by atoms with van der Waals surface area (Å²) in [6, 6.07) is 21.4. The lowest BCUT2D eigenvalue weighted by Gasteiger charge is -2.28. The number of hydrogen-bond donors (Lipinski definition) is 4. The second-order valence-electron chi connectivity index (χ2n) is 15.0. The van der Waals surface area contributed by atoms with E-state index in [1.807, 2.05) is 12.1 Å². The molecule has 2 fully saturated rings. The van der Waals surface area contributed by atoms with Crippen LogP contribution in [0.15, 0.2) is 97.3 Å². The van der Waals surface area contributed by atoms with E-state index in [1.165, 1.54) is 36.4 Å². The third-order valence-corrected chi connectivity index (χ3v) is 11.2. The number of H-pyrrole nitrogens is 2. The number of amides is 6. The number of alkyl carbamates (subject to hydrolysis) is 2. The fourth-order valence-electron chi connectivity index (χ4n) is 7.87. The van der Waals surface area contributed by atoms with Gasteiger partial charge in [0.2, 0.25) is 0 Å². The van der Waals surface area contributed by atoms with Gasteiger partial charge in [0.05, 0.1) is 38.7 Å². The molecule has 322 valence electrons. The molecule has 2 saturated heterocycles. The molecule has 6 amide bonds. The predicted molar refractivity (Wildman–Crippen MR) is 226 cm³/mol. The molecule has 18 heteroatoms.